The number of aromatic nitrogens is 1. The molecule has 0 bridgehead atoms. The molecule has 1 aromatic carbocycles. The summed E-state index contributed by atoms with van der Waals surface area (Å²) in [7, 11) is -1.92. The van der Waals surface area contributed by atoms with Gasteiger partial charge in [0.25, 0.3) is 0 Å². The molecular weight excluding hydrogens is 288 g/mol. The van der Waals surface area contributed by atoms with E-state index in [2.05, 4.69) is 9.71 Å². The summed E-state index contributed by atoms with van der Waals surface area (Å²) in [6.45, 7) is 0.380. The maximum atomic E-state index is 12.1. The predicted molar refractivity (Wildman–Crippen MR) is 80.7 cm³/mol. The van der Waals surface area contributed by atoms with Gasteiger partial charge in [0, 0.05) is 18.4 Å². The minimum absolute atomic E-state index is 0.237. The summed E-state index contributed by atoms with van der Waals surface area (Å²) >= 11 is 0. The summed E-state index contributed by atoms with van der Waals surface area (Å²) in [4.78, 5) is 4.44. The van der Waals surface area contributed by atoms with E-state index < -0.39 is 10.0 Å². The third kappa shape index (κ3) is 4.54. The van der Waals surface area contributed by atoms with Crippen LogP contribution >= 0.6 is 0 Å². The zero-order valence-corrected chi connectivity index (χ0v) is 12.6. The Morgan fingerprint density at radius 1 is 1.14 bits per heavy atom. The number of nitrogens with one attached hydrogen (secondary N) is 1. The van der Waals surface area contributed by atoms with Crippen molar-refractivity contribution in [3.8, 4) is 5.75 Å². The molecule has 0 saturated carbocycles. The molecule has 0 radical (unpaired) electrons. The number of hydrogen-bond donors (Lipinski definition) is 1. The fourth-order valence-electron chi connectivity index (χ4n) is 1.86. The second-order valence-electron chi connectivity index (χ2n) is 4.50. The average Bonchev–Trinajstić information content (AvgIpc) is 2.53. The zero-order chi connectivity index (χ0) is 15.1. The van der Waals surface area contributed by atoms with E-state index >= 15 is 0 Å². The molecule has 0 saturated heterocycles. The van der Waals surface area contributed by atoms with Crippen molar-refractivity contribution in [2.75, 3.05) is 13.7 Å². The molecule has 0 aliphatic heterocycles. The molecular formula is C15H18N2O3S. The van der Waals surface area contributed by atoms with Crippen LogP contribution in [0.5, 0.6) is 5.75 Å². The first-order valence-electron chi connectivity index (χ1n) is 6.65. The van der Waals surface area contributed by atoms with Crippen molar-refractivity contribution >= 4 is 10.0 Å². The Kier molecular flexibility index (Phi) is 5.30. The lowest BCUT2D eigenvalue weighted by molar-refractivity contribution is 0.414. The molecule has 0 fully saturated rings. The molecule has 5 nitrogen and oxygen atoms in total. The molecule has 2 rings (SSSR count). The van der Waals surface area contributed by atoms with Crippen LogP contribution in [0.2, 0.25) is 0 Å². The summed E-state index contributed by atoms with van der Waals surface area (Å²) in [5, 5.41) is 0. The first-order valence-corrected chi connectivity index (χ1v) is 8.14. The second-order valence-corrected chi connectivity index (χ2v) is 6.26. The first kappa shape index (κ1) is 15.5. The van der Waals surface area contributed by atoms with E-state index in [1.165, 1.54) is 12.1 Å². The first-order chi connectivity index (χ1) is 10.1. The summed E-state index contributed by atoms with van der Waals surface area (Å²) in [5.74, 6) is 0.629. The van der Waals surface area contributed by atoms with Crippen LogP contribution in [-0.2, 0) is 16.4 Å². The number of sulfonamides is 1. The Labute approximate surface area is 125 Å². The molecule has 112 valence electrons. The van der Waals surface area contributed by atoms with Crippen molar-refractivity contribution in [1.82, 2.24) is 9.71 Å². The summed E-state index contributed by atoms with van der Waals surface area (Å²) in [5.41, 5.74) is 0.959. The number of rotatable bonds is 7. The van der Waals surface area contributed by atoms with Crippen molar-refractivity contribution < 1.29 is 13.2 Å². The van der Waals surface area contributed by atoms with Gasteiger partial charge in [-0.05, 0) is 49.2 Å². The molecule has 0 amide bonds. The standard InChI is InChI=1S/C15H18N2O3S/c1-20-14-7-9-15(10-8-14)21(18,19)17-12-4-6-13-5-2-3-11-16-13/h2-3,5,7-11,17H,4,6,12H2,1H3. The number of nitrogens with zero attached hydrogens (tertiary/aromatic N) is 1. The van der Waals surface area contributed by atoms with Crippen LogP contribution in [0.3, 0.4) is 0 Å². The van der Waals surface area contributed by atoms with Crippen molar-refractivity contribution in [2.24, 2.45) is 0 Å². The molecule has 6 heteroatoms. The van der Waals surface area contributed by atoms with E-state index in [0.717, 1.165) is 12.1 Å². The second kappa shape index (κ2) is 7.19. The lowest BCUT2D eigenvalue weighted by atomic mass is 10.2. The SMILES string of the molecule is COc1ccc(S(=O)(=O)NCCCc2ccccn2)cc1. The summed E-state index contributed by atoms with van der Waals surface area (Å²) in [6, 6.07) is 12.0. The fourth-order valence-corrected chi connectivity index (χ4v) is 2.93. The van der Waals surface area contributed by atoms with Gasteiger partial charge in [-0.1, -0.05) is 6.07 Å². The van der Waals surface area contributed by atoms with Crippen LogP contribution in [0.4, 0.5) is 0 Å². The lowest BCUT2D eigenvalue weighted by Gasteiger charge is -2.07. The van der Waals surface area contributed by atoms with Crippen molar-refractivity contribution in [3.05, 3.63) is 54.4 Å². The van der Waals surface area contributed by atoms with Gasteiger partial charge in [0.2, 0.25) is 10.0 Å². The van der Waals surface area contributed by atoms with Crippen molar-refractivity contribution in [2.45, 2.75) is 17.7 Å². The van der Waals surface area contributed by atoms with Crippen molar-refractivity contribution in [3.63, 3.8) is 0 Å². The van der Waals surface area contributed by atoms with Crippen LogP contribution in [0.25, 0.3) is 0 Å². The normalized spacial score (nSPS) is 11.3. The Hall–Kier alpha value is -1.92. The lowest BCUT2D eigenvalue weighted by Crippen LogP contribution is -2.25. The highest BCUT2D eigenvalue weighted by atomic mass is 32.2. The van der Waals surface area contributed by atoms with E-state index in [4.69, 9.17) is 4.74 Å². The molecule has 0 aliphatic rings. The van der Waals surface area contributed by atoms with Crippen LogP contribution < -0.4 is 9.46 Å². The smallest absolute Gasteiger partial charge is 0.240 e. The van der Waals surface area contributed by atoms with E-state index in [1.807, 2.05) is 18.2 Å². The molecule has 0 aliphatic carbocycles. The van der Waals surface area contributed by atoms with E-state index in [-0.39, 0.29) is 4.90 Å². The highest BCUT2D eigenvalue weighted by molar-refractivity contribution is 7.89. The maximum Gasteiger partial charge on any atom is 0.240 e. The Morgan fingerprint density at radius 2 is 1.90 bits per heavy atom. The average molecular weight is 306 g/mol. The number of benzene rings is 1. The molecule has 0 atom stereocenters. The molecule has 2 aromatic rings. The van der Waals surface area contributed by atoms with Gasteiger partial charge < -0.3 is 4.74 Å². The van der Waals surface area contributed by atoms with Gasteiger partial charge in [0.15, 0.2) is 0 Å². The quantitative estimate of drug-likeness (QED) is 0.794. The van der Waals surface area contributed by atoms with Gasteiger partial charge in [0.05, 0.1) is 12.0 Å². The fraction of sp³-hybridized carbons (Fsp3) is 0.267. The third-order valence-corrected chi connectivity index (χ3v) is 4.47. The molecule has 0 unspecified atom stereocenters. The number of ether oxygens (including phenoxy) is 1. The molecule has 1 aromatic heterocycles. The number of methoxy groups -OCH3 is 1. The zero-order valence-electron chi connectivity index (χ0n) is 11.8. The van der Waals surface area contributed by atoms with E-state index in [1.54, 1.807) is 25.4 Å². The minimum atomic E-state index is -3.47. The maximum absolute atomic E-state index is 12.1. The monoisotopic (exact) mass is 306 g/mol. The highest BCUT2D eigenvalue weighted by Gasteiger charge is 2.12. The van der Waals surface area contributed by atoms with Gasteiger partial charge >= 0.3 is 0 Å². The van der Waals surface area contributed by atoms with Crippen LogP contribution in [0.15, 0.2) is 53.6 Å². The predicted octanol–water partition coefficient (Wildman–Crippen LogP) is 2.00. The topological polar surface area (TPSA) is 68.3 Å². The van der Waals surface area contributed by atoms with E-state index in [0.29, 0.717) is 18.7 Å². The summed E-state index contributed by atoms with van der Waals surface area (Å²) in [6.07, 6.45) is 3.18. The summed E-state index contributed by atoms with van der Waals surface area (Å²) < 4.78 is 31.7. The Morgan fingerprint density at radius 3 is 2.52 bits per heavy atom. The van der Waals surface area contributed by atoms with Crippen LogP contribution in [0.1, 0.15) is 12.1 Å². The number of aryl methyl sites for hydroxylation is 1. The van der Waals surface area contributed by atoms with Gasteiger partial charge in [0.1, 0.15) is 5.75 Å². The van der Waals surface area contributed by atoms with Crippen LogP contribution in [-0.4, -0.2) is 27.1 Å². The van der Waals surface area contributed by atoms with Gasteiger partial charge in [-0.2, -0.15) is 0 Å². The van der Waals surface area contributed by atoms with Gasteiger partial charge in [-0.15, -0.1) is 0 Å². The molecule has 0 spiro atoms. The Bertz CT molecular complexity index is 655. The van der Waals surface area contributed by atoms with Crippen LogP contribution in [0, 0.1) is 0 Å². The number of hydrogen-bond acceptors (Lipinski definition) is 4. The number of pyridine rings is 1. The molecule has 1 N–H and O–H groups in total. The Balaban J connectivity index is 1.86. The van der Waals surface area contributed by atoms with Gasteiger partial charge in [-0.3, -0.25) is 4.98 Å². The highest BCUT2D eigenvalue weighted by Crippen LogP contribution is 2.15. The molecule has 1 heterocycles. The van der Waals surface area contributed by atoms with Crippen molar-refractivity contribution in [1.29, 1.82) is 0 Å². The minimum Gasteiger partial charge on any atom is -0.497 e. The molecule has 21 heavy (non-hydrogen) atoms. The van der Waals surface area contributed by atoms with Gasteiger partial charge in [-0.25, -0.2) is 13.1 Å². The largest absolute Gasteiger partial charge is 0.497 e. The third-order valence-electron chi connectivity index (χ3n) is 3.00. The van der Waals surface area contributed by atoms with E-state index in [9.17, 15) is 8.42 Å².